The van der Waals surface area contributed by atoms with Crippen LogP contribution in [0.5, 0.6) is 17.5 Å². The molecule has 1 aliphatic heterocycles. The minimum absolute atomic E-state index is 0.0352. The van der Waals surface area contributed by atoms with Crippen molar-refractivity contribution in [2.75, 3.05) is 26.1 Å². The molecule has 14 heteroatoms. The second-order valence-corrected chi connectivity index (χ2v) is 16.9. The number of pyridine rings is 1. The van der Waals surface area contributed by atoms with Gasteiger partial charge in [-0.05, 0) is 67.3 Å². The van der Waals surface area contributed by atoms with Gasteiger partial charge in [-0.3, -0.25) is 14.3 Å². The molecule has 3 aliphatic rings. The highest BCUT2D eigenvalue weighted by Crippen LogP contribution is 2.51. The average Bonchev–Trinajstić information content (AvgIpc) is 4.04. The number of likely N-dealkylation sites (tertiary alicyclic amines) is 1. The van der Waals surface area contributed by atoms with Gasteiger partial charge >= 0.3 is 6.03 Å². The molecule has 2 saturated carbocycles. The Morgan fingerprint density at radius 2 is 1.79 bits per heavy atom. The van der Waals surface area contributed by atoms with Crippen molar-refractivity contribution in [1.82, 2.24) is 19.5 Å². The van der Waals surface area contributed by atoms with Gasteiger partial charge in [-0.2, -0.15) is 4.98 Å². The molecule has 0 spiro atoms. The zero-order valence-electron chi connectivity index (χ0n) is 30.4. The monoisotopic (exact) mass is 733 g/mol. The molecule has 1 aromatic heterocycles. The van der Waals surface area contributed by atoms with Crippen LogP contribution in [-0.2, 0) is 19.6 Å². The van der Waals surface area contributed by atoms with E-state index in [0.717, 1.165) is 15.7 Å². The number of hydrogen-bond acceptors (Lipinski definition) is 10. The van der Waals surface area contributed by atoms with E-state index in [-0.39, 0.29) is 13.0 Å². The smallest absolute Gasteiger partial charge is 0.328 e. The van der Waals surface area contributed by atoms with Gasteiger partial charge < -0.3 is 24.4 Å². The van der Waals surface area contributed by atoms with E-state index in [4.69, 9.17) is 14.2 Å². The van der Waals surface area contributed by atoms with Gasteiger partial charge in [0.2, 0.25) is 21.8 Å². The molecule has 52 heavy (non-hydrogen) atoms. The van der Waals surface area contributed by atoms with E-state index in [0.29, 0.717) is 42.5 Å². The fourth-order valence-electron chi connectivity index (χ4n) is 6.92. The first-order chi connectivity index (χ1) is 24.6. The SMILES string of the molecule is C=C[C@@H]1C[C@@]1(C(=O)NS(=O)(=O)C1CC1)N(C(=O)[C@H](Nc1ccccc1)C(C)(C)C)C(=O)N1C[C@H](Oc2nc(OC)cc3cc(OC)ccc23)CC1C. The maximum Gasteiger partial charge on any atom is 0.328 e. The molecule has 2 aliphatic carbocycles. The molecule has 0 radical (unpaired) electrons. The van der Waals surface area contributed by atoms with Gasteiger partial charge in [-0.1, -0.05) is 45.0 Å². The van der Waals surface area contributed by atoms with E-state index in [9.17, 15) is 22.8 Å². The standard InChI is InChI=1S/C38H47N5O8S/c1-8-25-21-38(25,35(45)41-52(47,48)29-15-16-29)43(34(44)32(37(3,4)5)39-26-12-10-9-11-13-26)36(46)42-22-28(18-23(42)2)51-33-30-17-14-27(49-6)19-24(30)20-31(40-33)50-7/h8-14,17,19-20,23,25,28-29,32,39H,1,15-16,18,21-22H2,2-7H3,(H,41,45)/t23?,25-,28-,32+,38-/m1/s1. The molecule has 3 fully saturated rings. The van der Waals surface area contributed by atoms with Crippen molar-refractivity contribution in [2.45, 2.75) is 82.4 Å². The summed E-state index contributed by atoms with van der Waals surface area (Å²) in [4.78, 5) is 51.2. The zero-order valence-corrected chi connectivity index (χ0v) is 31.2. The van der Waals surface area contributed by atoms with Crippen LogP contribution in [0.3, 0.4) is 0 Å². The van der Waals surface area contributed by atoms with Crippen LogP contribution >= 0.6 is 0 Å². The molecule has 0 bridgehead atoms. The van der Waals surface area contributed by atoms with Crippen molar-refractivity contribution in [3.05, 3.63) is 67.3 Å². The van der Waals surface area contributed by atoms with Crippen LogP contribution in [0.2, 0.25) is 0 Å². The number of rotatable bonds is 12. The van der Waals surface area contributed by atoms with Gasteiger partial charge in [0.15, 0.2) is 0 Å². The quantitative estimate of drug-likeness (QED) is 0.240. The summed E-state index contributed by atoms with van der Waals surface area (Å²) in [6.45, 7) is 11.4. The largest absolute Gasteiger partial charge is 0.497 e. The Morgan fingerprint density at radius 3 is 2.38 bits per heavy atom. The lowest BCUT2D eigenvalue weighted by atomic mass is 9.85. The number of fused-ring (bicyclic) bond motifs is 1. The summed E-state index contributed by atoms with van der Waals surface area (Å²) < 4.78 is 45.6. The normalized spacial score (nSPS) is 23.3. The van der Waals surface area contributed by atoms with Gasteiger partial charge in [0.1, 0.15) is 23.4 Å². The number of anilines is 1. The Labute approximate surface area is 304 Å². The number of imide groups is 1. The van der Waals surface area contributed by atoms with E-state index in [2.05, 4.69) is 21.6 Å². The predicted molar refractivity (Wildman–Crippen MR) is 197 cm³/mol. The molecule has 1 saturated heterocycles. The van der Waals surface area contributed by atoms with Crippen LogP contribution in [0, 0.1) is 11.3 Å². The number of methoxy groups -OCH3 is 2. The highest BCUT2D eigenvalue weighted by Gasteiger charge is 2.68. The molecular formula is C38H47N5O8S. The van der Waals surface area contributed by atoms with Crippen molar-refractivity contribution < 1.29 is 37.0 Å². The lowest BCUT2D eigenvalue weighted by Crippen LogP contribution is -2.64. The molecule has 2 aromatic carbocycles. The number of aromatic nitrogens is 1. The second-order valence-electron chi connectivity index (χ2n) is 14.9. The van der Waals surface area contributed by atoms with Gasteiger partial charge in [0.25, 0.3) is 11.8 Å². The van der Waals surface area contributed by atoms with E-state index in [1.54, 1.807) is 19.2 Å². The number of para-hydroxylation sites is 1. The van der Waals surface area contributed by atoms with Crippen molar-refractivity contribution in [2.24, 2.45) is 11.3 Å². The van der Waals surface area contributed by atoms with Crippen molar-refractivity contribution in [3.8, 4) is 17.5 Å². The number of amides is 4. The Balaban J connectivity index is 1.36. The van der Waals surface area contributed by atoms with Crippen molar-refractivity contribution in [1.29, 1.82) is 0 Å². The third-order valence-corrected chi connectivity index (χ3v) is 11.9. The fourth-order valence-corrected chi connectivity index (χ4v) is 8.27. The number of urea groups is 1. The second kappa shape index (κ2) is 13.9. The van der Waals surface area contributed by atoms with Gasteiger partial charge in [-0.25, -0.2) is 18.1 Å². The number of sulfonamides is 1. The summed E-state index contributed by atoms with van der Waals surface area (Å²) in [7, 11) is -0.913. The molecule has 3 aromatic rings. The Kier molecular flexibility index (Phi) is 9.90. The van der Waals surface area contributed by atoms with Gasteiger partial charge in [0, 0.05) is 35.5 Å². The van der Waals surface area contributed by atoms with Crippen molar-refractivity contribution >= 4 is 44.3 Å². The van der Waals surface area contributed by atoms with Crippen LogP contribution in [0.25, 0.3) is 10.8 Å². The first-order valence-corrected chi connectivity index (χ1v) is 19.0. The molecule has 2 N–H and O–H groups in total. The van der Waals surface area contributed by atoms with Crippen LogP contribution in [0.1, 0.15) is 53.4 Å². The first-order valence-electron chi connectivity index (χ1n) is 17.5. The molecular weight excluding hydrogens is 687 g/mol. The fraction of sp³-hybridized carbons (Fsp3) is 0.474. The summed E-state index contributed by atoms with van der Waals surface area (Å²) in [6.07, 6.45) is 2.28. The number of benzene rings is 2. The molecule has 5 atom stereocenters. The van der Waals surface area contributed by atoms with Crippen molar-refractivity contribution in [3.63, 3.8) is 0 Å². The number of hydrogen-bond donors (Lipinski definition) is 2. The lowest BCUT2D eigenvalue weighted by Gasteiger charge is -2.40. The summed E-state index contributed by atoms with van der Waals surface area (Å²) >= 11 is 0. The topological polar surface area (TPSA) is 156 Å². The van der Waals surface area contributed by atoms with E-state index in [1.165, 1.54) is 18.1 Å². The molecule has 2 heterocycles. The average molecular weight is 734 g/mol. The molecule has 278 valence electrons. The summed E-state index contributed by atoms with van der Waals surface area (Å²) in [5, 5.41) is 4.11. The Bertz CT molecular complexity index is 1970. The van der Waals surface area contributed by atoms with Crippen LogP contribution in [0.15, 0.2) is 67.3 Å². The van der Waals surface area contributed by atoms with Crippen LogP contribution in [-0.4, -0.2) is 90.8 Å². The Hall–Kier alpha value is -4.85. The number of nitrogens with zero attached hydrogens (tertiary/aromatic N) is 3. The van der Waals surface area contributed by atoms with E-state index >= 15 is 0 Å². The molecule has 4 amide bonds. The maximum absolute atomic E-state index is 15.0. The first kappa shape index (κ1) is 36.9. The minimum Gasteiger partial charge on any atom is -0.497 e. The summed E-state index contributed by atoms with van der Waals surface area (Å²) in [6, 6.07) is 14.3. The summed E-state index contributed by atoms with van der Waals surface area (Å²) in [5.41, 5.74) is -1.90. The highest BCUT2D eigenvalue weighted by atomic mass is 32.2. The van der Waals surface area contributed by atoms with Gasteiger partial charge in [-0.15, -0.1) is 6.58 Å². The molecule has 1 unspecified atom stereocenters. The summed E-state index contributed by atoms with van der Waals surface area (Å²) in [5.74, 6) is -0.938. The number of carbonyl (C=O) groups excluding carboxylic acids is 3. The third-order valence-electron chi connectivity index (χ3n) is 10.1. The number of ether oxygens (including phenoxy) is 3. The molecule has 6 rings (SSSR count). The number of carbonyl (C=O) groups is 3. The van der Waals surface area contributed by atoms with Gasteiger partial charge in [0.05, 0.1) is 26.0 Å². The highest BCUT2D eigenvalue weighted by molar-refractivity contribution is 7.91. The minimum atomic E-state index is -4.00. The molecule has 13 nitrogen and oxygen atoms in total. The Morgan fingerprint density at radius 1 is 1.08 bits per heavy atom. The van der Waals surface area contributed by atoms with Crippen LogP contribution in [0.4, 0.5) is 10.5 Å². The van der Waals surface area contributed by atoms with Crippen LogP contribution < -0.4 is 24.2 Å². The third kappa shape index (κ3) is 7.12. The number of nitrogens with one attached hydrogen (secondary N) is 2. The van der Waals surface area contributed by atoms with E-state index in [1.807, 2.05) is 70.2 Å². The zero-order chi connectivity index (χ0) is 37.6. The lowest BCUT2D eigenvalue weighted by molar-refractivity contribution is -0.141. The van der Waals surface area contributed by atoms with E-state index < -0.39 is 68.2 Å². The predicted octanol–water partition coefficient (Wildman–Crippen LogP) is 5.12. The maximum atomic E-state index is 15.0.